The van der Waals surface area contributed by atoms with E-state index in [4.69, 9.17) is 19.1 Å². The fourth-order valence-corrected chi connectivity index (χ4v) is 6.25. The molecule has 0 bridgehead atoms. The molecule has 0 saturated heterocycles. The molecule has 0 heterocycles. The Kier molecular flexibility index (Phi) is 33.7. The zero-order valence-electron chi connectivity index (χ0n) is 30.7. The molecular formula is C37H73O10P. The van der Waals surface area contributed by atoms with Crippen LogP contribution < -0.4 is 0 Å². The van der Waals surface area contributed by atoms with Gasteiger partial charge in [-0.05, 0) is 12.8 Å². The van der Waals surface area contributed by atoms with Crippen LogP contribution in [0.25, 0.3) is 0 Å². The Morgan fingerprint density at radius 2 is 0.896 bits per heavy atom. The molecule has 0 aromatic rings. The maximum atomic E-state index is 12.5. The second-order valence-electron chi connectivity index (χ2n) is 13.3. The minimum absolute atomic E-state index is 0.192. The van der Waals surface area contributed by atoms with Crippen LogP contribution in [-0.4, -0.2) is 65.7 Å². The van der Waals surface area contributed by atoms with Crippen LogP contribution in [-0.2, 0) is 32.7 Å². The van der Waals surface area contributed by atoms with Crippen LogP contribution in [0.3, 0.4) is 0 Å². The van der Waals surface area contributed by atoms with Gasteiger partial charge in [-0.1, -0.05) is 162 Å². The molecule has 0 aromatic carbocycles. The summed E-state index contributed by atoms with van der Waals surface area (Å²) in [5.74, 6) is -0.915. The Balaban J connectivity index is 4.33. The third-order valence-corrected chi connectivity index (χ3v) is 9.46. The number of phosphoric ester groups is 1. The Morgan fingerprint density at radius 1 is 0.542 bits per heavy atom. The Labute approximate surface area is 293 Å². The number of rotatable bonds is 37. The number of carbonyl (C=O) groups is 2. The zero-order chi connectivity index (χ0) is 35.6. The van der Waals surface area contributed by atoms with Crippen LogP contribution in [0.2, 0.25) is 0 Å². The SMILES string of the molecule is CCCCCCCCCCCCCCCC(=O)OC(COC(=O)CCCCCCCCCCCCCC)COP(=O)(O)OCC(O)CO. The van der Waals surface area contributed by atoms with Gasteiger partial charge in [-0.3, -0.25) is 18.6 Å². The molecule has 3 unspecified atom stereocenters. The van der Waals surface area contributed by atoms with Crippen molar-refractivity contribution in [2.24, 2.45) is 0 Å². The molecule has 3 N–H and O–H groups in total. The van der Waals surface area contributed by atoms with E-state index < -0.39 is 51.8 Å². The monoisotopic (exact) mass is 708 g/mol. The van der Waals surface area contributed by atoms with Crippen molar-refractivity contribution >= 4 is 19.8 Å². The van der Waals surface area contributed by atoms with Crippen molar-refractivity contribution in [1.29, 1.82) is 0 Å². The average molecular weight is 709 g/mol. The first kappa shape index (κ1) is 47.0. The molecule has 0 amide bonds. The summed E-state index contributed by atoms with van der Waals surface area (Å²) in [4.78, 5) is 34.8. The molecule has 0 aromatic heterocycles. The minimum Gasteiger partial charge on any atom is -0.462 e. The minimum atomic E-state index is -4.60. The van der Waals surface area contributed by atoms with E-state index in [9.17, 15) is 24.2 Å². The van der Waals surface area contributed by atoms with Crippen LogP contribution in [0.4, 0.5) is 0 Å². The molecule has 0 aliphatic rings. The first-order valence-corrected chi connectivity index (χ1v) is 21.0. The lowest BCUT2D eigenvalue weighted by Gasteiger charge is -2.20. The smallest absolute Gasteiger partial charge is 0.462 e. The quantitative estimate of drug-likeness (QED) is 0.0324. The van der Waals surface area contributed by atoms with Gasteiger partial charge in [0, 0.05) is 12.8 Å². The summed E-state index contributed by atoms with van der Waals surface area (Å²) < 4.78 is 32.6. The number of esters is 2. The lowest BCUT2D eigenvalue weighted by molar-refractivity contribution is -0.161. The topological polar surface area (TPSA) is 149 Å². The highest BCUT2D eigenvalue weighted by Gasteiger charge is 2.27. The van der Waals surface area contributed by atoms with Gasteiger partial charge in [0.15, 0.2) is 6.10 Å². The number of aliphatic hydroxyl groups excluding tert-OH is 2. The van der Waals surface area contributed by atoms with E-state index in [0.29, 0.717) is 12.8 Å². The summed E-state index contributed by atoms with van der Waals surface area (Å²) in [7, 11) is -4.60. The van der Waals surface area contributed by atoms with Crippen molar-refractivity contribution in [3.8, 4) is 0 Å². The maximum Gasteiger partial charge on any atom is 0.472 e. The van der Waals surface area contributed by atoms with Gasteiger partial charge in [0.2, 0.25) is 0 Å². The van der Waals surface area contributed by atoms with Crippen LogP contribution in [0.5, 0.6) is 0 Å². The molecule has 0 saturated carbocycles. The summed E-state index contributed by atoms with van der Waals surface area (Å²) in [5, 5.41) is 18.3. The van der Waals surface area contributed by atoms with Crippen LogP contribution in [0.1, 0.15) is 187 Å². The summed E-state index contributed by atoms with van der Waals surface area (Å²) >= 11 is 0. The van der Waals surface area contributed by atoms with Crippen molar-refractivity contribution in [3.63, 3.8) is 0 Å². The molecule has 0 fully saturated rings. The van der Waals surface area contributed by atoms with E-state index in [1.165, 1.54) is 109 Å². The summed E-state index contributed by atoms with van der Waals surface area (Å²) in [6.45, 7) is 2.38. The van der Waals surface area contributed by atoms with Crippen molar-refractivity contribution < 1.29 is 47.8 Å². The number of hydrogen-bond acceptors (Lipinski definition) is 9. The number of carbonyl (C=O) groups excluding carboxylic acids is 2. The molecule has 0 rings (SSSR count). The maximum absolute atomic E-state index is 12.5. The molecule has 286 valence electrons. The van der Waals surface area contributed by atoms with Gasteiger partial charge in [-0.25, -0.2) is 4.57 Å². The second-order valence-corrected chi connectivity index (χ2v) is 14.8. The highest BCUT2D eigenvalue weighted by molar-refractivity contribution is 7.47. The van der Waals surface area contributed by atoms with Crippen LogP contribution >= 0.6 is 7.82 Å². The van der Waals surface area contributed by atoms with Crippen molar-refractivity contribution in [3.05, 3.63) is 0 Å². The van der Waals surface area contributed by atoms with E-state index >= 15 is 0 Å². The molecule has 0 aliphatic heterocycles. The standard InChI is InChI=1S/C37H73O10P/c1-3-5-7-9-11-13-15-17-19-21-23-25-27-29-37(41)47-35(33-46-48(42,43)45-31-34(39)30-38)32-44-36(40)28-26-24-22-20-18-16-14-12-10-8-6-4-2/h34-35,38-39H,3-33H2,1-2H3,(H,42,43). The van der Waals surface area contributed by atoms with Crippen molar-refractivity contribution in [2.45, 2.75) is 199 Å². The number of ether oxygens (including phenoxy) is 2. The van der Waals surface area contributed by atoms with E-state index in [-0.39, 0.29) is 19.4 Å². The van der Waals surface area contributed by atoms with Gasteiger partial charge in [-0.2, -0.15) is 0 Å². The Hall–Kier alpha value is -1.03. The van der Waals surface area contributed by atoms with Crippen LogP contribution in [0, 0.1) is 0 Å². The van der Waals surface area contributed by atoms with Crippen molar-refractivity contribution in [2.75, 3.05) is 26.4 Å². The third kappa shape index (κ3) is 33.5. The van der Waals surface area contributed by atoms with Gasteiger partial charge in [0.1, 0.15) is 12.7 Å². The van der Waals surface area contributed by atoms with E-state index in [2.05, 4.69) is 18.4 Å². The van der Waals surface area contributed by atoms with E-state index in [1.807, 2.05) is 0 Å². The number of phosphoric acid groups is 1. The molecule has 0 radical (unpaired) electrons. The predicted molar refractivity (Wildman–Crippen MR) is 192 cm³/mol. The fourth-order valence-electron chi connectivity index (χ4n) is 5.46. The molecule has 10 nitrogen and oxygen atoms in total. The lowest BCUT2D eigenvalue weighted by atomic mass is 10.0. The van der Waals surface area contributed by atoms with Gasteiger partial charge in [0.25, 0.3) is 0 Å². The lowest BCUT2D eigenvalue weighted by Crippen LogP contribution is -2.29. The summed E-state index contributed by atoms with van der Waals surface area (Å²) in [5.41, 5.74) is 0. The van der Waals surface area contributed by atoms with Gasteiger partial charge in [-0.15, -0.1) is 0 Å². The summed E-state index contributed by atoms with van der Waals surface area (Å²) in [6, 6.07) is 0. The van der Waals surface area contributed by atoms with Gasteiger partial charge < -0.3 is 24.6 Å². The van der Waals surface area contributed by atoms with E-state index in [1.54, 1.807) is 0 Å². The fraction of sp³-hybridized carbons (Fsp3) is 0.946. The Bertz CT molecular complexity index is 781. The first-order valence-electron chi connectivity index (χ1n) is 19.5. The second kappa shape index (κ2) is 34.4. The predicted octanol–water partition coefficient (Wildman–Crippen LogP) is 9.50. The number of hydrogen-bond donors (Lipinski definition) is 3. The molecule has 0 spiro atoms. The van der Waals surface area contributed by atoms with Gasteiger partial charge in [0.05, 0.1) is 19.8 Å². The normalized spacial score (nSPS) is 14.0. The highest BCUT2D eigenvalue weighted by atomic mass is 31.2. The molecule has 48 heavy (non-hydrogen) atoms. The summed E-state index contributed by atoms with van der Waals surface area (Å²) in [6.07, 6.45) is 27.8. The molecular weight excluding hydrogens is 635 g/mol. The van der Waals surface area contributed by atoms with Gasteiger partial charge >= 0.3 is 19.8 Å². The number of aliphatic hydroxyl groups is 2. The van der Waals surface area contributed by atoms with Crippen LogP contribution in [0.15, 0.2) is 0 Å². The zero-order valence-corrected chi connectivity index (χ0v) is 31.6. The average Bonchev–Trinajstić information content (AvgIpc) is 3.07. The molecule has 11 heteroatoms. The van der Waals surface area contributed by atoms with E-state index in [0.717, 1.165) is 38.5 Å². The highest BCUT2D eigenvalue weighted by Crippen LogP contribution is 2.43. The third-order valence-electron chi connectivity index (χ3n) is 8.51. The number of unbranched alkanes of at least 4 members (excludes halogenated alkanes) is 23. The molecule has 0 aliphatic carbocycles. The van der Waals surface area contributed by atoms with Crippen molar-refractivity contribution in [1.82, 2.24) is 0 Å². The first-order chi connectivity index (χ1) is 23.2. The molecule has 3 atom stereocenters. The Morgan fingerprint density at radius 3 is 1.29 bits per heavy atom. The largest absolute Gasteiger partial charge is 0.472 e.